The maximum absolute atomic E-state index is 6.02. The molecule has 3 rings (SSSR count). The number of aliphatic imine (C=N–C) groups is 1. The first-order valence-electron chi connectivity index (χ1n) is 12.1. The first-order chi connectivity index (χ1) is 15.8. The van der Waals surface area contributed by atoms with Crippen molar-refractivity contribution in [1.29, 1.82) is 0 Å². The predicted octanol–water partition coefficient (Wildman–Crippen LogP) is 5.31. The SMILES string of the molecule is CCNC(=NCCC(c1ccccc1)c1ccccc1)N1CCC(OCCCOC)CC1.I. The summed E-state index contributed by atoms with van der Waals surface area (Å²) in [5, 5.41) is 3.50. The molecule has 1 aliphatic rings. The van der Waals surface area contributed by atoms with E-state index in [2.05, 4.69) is 77.8 Å². The maximum Gasteiger partial charge on any atom is 0.193 e. The number of likely N-dealkylation sites (tertiary alicyclic amines) is 1. The monoisotopic (exact) mass is 565 g/mol. The van der Waals surface area contributed by atoms with Crippen molar-refractivity contribution in [1.82, 2.24) is 10.2 Å². The Morgan fingerprint density at radius 1 is 1.00 bits per heavy atom. The van der Waals surface area contributed by atoms with Gasteiger partial charge in [-0.1, -0.05) is 60.7 Å². The first-order valence-corrected chi connectivity index (χ1v) is 12.1. The van der Waals surface area contributed by atoms with E-state index < -0.39 is 0 Å². The third-order valence-electron chi connectivity index (χ3n) is 6.01. The quantitative estimate of drug-likeness (QED) is 0.174. The van der Waals surface area contributed by atoms with Gasteiger partial charge in [0.25, 0.3) is 0 Å². The molecule has 2 aromatic carbocycles. The number of halogens is 1. The Morgan fingerprint density at radius 3 is 2.15 bits per heavy atom. The van der Waals surface area contributed by atoms with Crippen molar-refractivity contribution in [2.75, 3.05) is 46.5 Å². The highest BCUT2D eigenvalue weighted by Gasteiger charge is 2.22. The molecule has 0 spiro atoms. The van der Waals surface area contributed by atoms with Gasteiger partial charge in [0.1, 0.15) is 0 Å². The van der Waals surface area contributed by atoms with Gasteiger partial charge >= 0.3 is 0 Å². The smallest absolute Gasteiger partial charge is 0.193 e. The molecule has 0 aliphatic carbocycles. The Hall–Kier alpha value is -1.64. The van der Waals surface area contributed by atoms with E-state index in [-0.39, 0.29) is 24.0 Å². The number of piperidine rings is 1. The zero-order valence-electron chi connectivity index (χ0n) is 20.1. The van der Waals surface area contributed by atoms with Gasteiger partial charge in [0.2, 0.25) is 0 Å². The summed E-state index contributed by atoms with van der Waals surface area (Å²) in [5.41, 5.74) is 2.70. The zero-order valence-corrected chi connectivity index (χ0v) is 22.4. The fraction of sp³-hybridized carbons (Fsp3) is 0.519. The van der Waals surface area contributed by atoms with Gasteiger partial charge in [-0.3, -0.25) is 4.99 Å². The minimum Gasteiger partial charge on any atom is -0.385 e. The van der Waals surface area contributed by atoms with Crippen molar-refractivity contribution < 1.29 is 9.47 Å². The second kappa shape index (κ2) is 16.1. The molecule has 0 saturated carbocycles. The van der Waals surface area contributed by atoms with Gasteiger partial charge in [0.15, 0.2) is 5.96 Å². The van der Waals surface area contributed by atoms with Crippen LogP contribution in [-0.4, -0.2) is 63.5 Å². The lowest BCUT2D eigenvalue weighted by Crippen LogP contribution is -2.47. The van der Waals surface area contributed by atoms with E-state index in [4.69, 9.17) is 14.5 Å². The molecule has 0 atom stereocenters. The largest absolute Gasteiger partial charge is 0.385 e. The number of ether oxygens (including phenoxy) is 2. The molecule has 0 unspecified atom stereocenters. The number of guanidine groups is 1. The fourth-order valence-electron chi connectivity index (χ4n) is 4.31. The van der Waals surface area contributed by atoms with E-state index in [1.165, 1.54) is 11.1 Å². The number of hydrogen-bond donors (Lipinski definition) is 1. The normalized spacial score (nSPS) is 14.9. The topological polar surface area (TPSA) is 46.1 Å². The summed E-state index contributed by atoms with van der Waals surface area (Å²) in [5.74, 6) is 1.39. The molecule has 1 saturated heterocycles. The van der Waals surface area contributed by atoms with Crippen LogP contribution < -0.4 is 5.32 Å². The molecule has 1 N–H and O–H groups in total. The van der Waals surface area contributed by atoms with Crippen LogP contribution in [0.25, 0.3) is 0 Å². The van der Waals surface area contributed by atoms with Crippen molar-refractivity contribution in [3.8, 4) is 0 Å². The fourth-order valence-corrected chi connectivity index (χ4v) is 4.31. The Labute approximate surface area is 217 Å². The number of methoxy groups -OCH3 is 1. The summed E-state index contributed by atoms with van der Waals surface area (Å²) in [4.78, 5) is 7.40. The third kappa shape index (κ3) is 9.26. The molecule has 0 bridgehead atoms. The van der Waals surface area contributed by atoms with Gasteiger partial charge in [-0.25, -0.2) is 0 Å². The van der Waals surface area contributed by atoms with Crippen LogP contribution in [0.3, 0.4) is 0 Å². The summed E-state index contributed by atoms with van der Waals surface area (Å²) in [6.07, 6.45) is 4.40. The molecule has 6 heteroatoms. The summed E-state index contributed by atoms with van der Waals surface area (Å²) in [6, 6.07) is 21.6. The lowest BCUT2D eigenvalue weighted by molar-refractivity contribution is 0.00990. The molecule has 33 heavy (non-hydrogen) atoms. The molecule has 1 fully saturated rings. The predicted molar refractivity (Wildman–Crippen MR) is 148 cm³/mol. The van der Waals surface area contributed by atoms with Crippen molar-refractivity contribution >= 4 is 29.9 Å². The van der Waals surface area contributed by atoms with E-state index in [1.807, 2.05) is 0 Å². The van der Waals surface area contributed by atoms with Gasteiger partial charge in [0, 0.05) is 52.4 Å². The van der Waals surface area contributed by atoms with E-state index in [0.717, 1.165) is 71.0 Å². The maximum atomic E-state index is 6.02. The summed E-state index contributed by atoms with van der Waals surface area (Å²) in [6.45, 7) is 7.34. The van der Waals surface area contributed by atoms with Gasteiger partial charge < -0.3 is 19.7 Å². The van der Waals surface area contributed by atoms with E-state index in [0.29, 0.717) is 12.0 Å². The molecule has 1 aliphatic heterocycles. The van der Waals surface area contributed by atoms with Crippen molar-refractivity contribution in [3.05, 3.63) is 71.8 Å². The molecular formula is C27H40IN3O2. The Balaban J connectivity index is 0.00000385. The highest BCUT2D eigenvalue weighted by molar-refractivity contribution is 14.0. The van der Waals surface area contributed by atoms with Gasteiger partial charge in [-0.05, 0) is 43.7 Å². The number of benzene rings is 2. The van der Waals surface area contributed by atoms with E-state index >= 15 is 0 Å². The lowest BCUT2D eigenvalue weighted by atomic mass is 9.89. The highest BCUT2D eigenvalue weighted by Crippen LogP contribution is 2.27. The van der Waals surface area contributed by atoms with Gasteiger partial charge in [-0.15, -0.1) is 24.0 Å². The third-order valence-corrected chi connectivity index (χ3v) is 6.01. The standard InChI is InChI=1S/C27H39N3O2.HI/c1-3-28-27(30-19-16-25(17-20-30)32-22-10-21-31-2)29-18-15-26(23-11-6-4-7-12-23)24-13-8-5-9-14-24;/h4-9,11-14,25-26H,3,10,15-22H2,1-2H3,(H,28,29);1H. The average Bonchev–Trinajstić information content (AvgIpc) is 2.85. The molecule has 5 nitrogen and oxygen atoms in total. The van der Waals surface area contributed by atoms with Crippen LogP contribution in [0.2, 0.25) is 0 Å². The van der Waals surface area contributed by atoms with Crippen LogP contribution in [0.4, 0.5) is 0 Å². The van der Waals surface area contributed by atoms with E-state index in [9.17, 15) is 0 Å². The second-order valence-corrected chi connectivity index (χ2v) is 8.30. The average molecular weight is 566 g/mol. The van der Waals surface area contributed by atoms with Crippen LogP contribution in [0.15, 0.2) is 65.7 Å². The van der Waals surface area contributed by atoms with Crippen LogP contribution >= 0.6 is 24.0 Å². The minimum absolute atomic E-state index is 0. The number of nitrogens with one attached hydrogen (secondary N) is 1. The highest BCUT2D eigenvalue weighted by atomic mass is 127. The van der Waals surface area contributed by atoms with E-state index in [1.54, 1.807) is 7.11 Å². The van der Waals surface area contributed by atoms with Crippen molar-refractivity contribution in [2.24, 2.45) is 4.99 Å². The Morgan fingerprint density at radius 2 is 1.61 bits per heavy atom. The van der Waals surface area contributed by atoms with Crippen LogP contribution in [0, 0.1) is 0 Å². The molecule has 0 aromatic heterocycles. The van der Waals surface area contributed by atoms with Gasteiger partial charge in [0.05, 0.1) is 6.10 Å². The van der Waals surface area contributed by atoms with Crippen molar-refractivity contribution in [3.63, 3.8) is 0 Å². The first kappa shape index (κ1) is 27.6. The van der Waals surface area contributed by atoms with Crippen molar-refractivity contribution in [2.45, 2.75) is 44.6 Å². The molecular weight excluding hydrogens is 525 g/mol. The second-order valence-electron chi connectivity index (χ2n) is 8.30. The molecule has 2 aromatic rings. The molecule has 1 heterocycles. The summed E-state index contributed by atoms with van der Waals surface area (Å²) < 4.78 is 11.1. The summed E-state index contributed by atoms with van der Waals surface area (Å²) >= 11 is 0. The Kier molecular flexibility index (Phi) is 13.4. The number of hydrogen-bond acceptors (Lipinski definition) is 3. The number of rotatable bonds is 11. The van der Waals surface area contributed by atoms with Crippen LogP contribution in [-0.2, 0) is 9.47 Å². The van der Waals surface area contributed by atoms with Crippen LogP contribution in [0.5, 0.6) is 0 Å². The number of nitrogens with zero attached hydrogens (tertiary/aromatic N) is 2. The summed E-state index contributed by atoms with van der Waals surface area (Å²) in [7, 11) is 1.74. The van der Waals surface area contributed by atoms with Crippen LogP contribution in [0.1, 0.15) is 49.7 Å². The molecule has 0 amide bonds. The minimum atomic E-state index is 0. The zero-order chi connectivity index (χ0) is 22.4. The molecule has 0 radical (unpaired) electrons. The molecule has 182 valence electrons. The lowest BCUT2D eigenvalue weighted by Gasteiger charge is -2.34. The Bertz CT molecular complexity index is 741. The van der Waals surface area contributed by atoms with Gasteiger partial charge in [-0.2, -0.15) is 0 Å².